The molecule has 0 spiro atoms. The number of hydrogen-bond donors (Lipinski definition) is 1. The van der Waals surface area contributed by atoms with Gasteiger partial charge in [-0.1, -0.05) is 0 Å². The van der Waals surface area contributed by atoms with Gasteiger partial charge in [-0.25, -0.2) is 0 Å². The fourth-order valence-electron chi connectivity index (χ4n) is 2.92. The van der Waals surface area contributed by atoms with Crippen LogP contribution < -0.4 is 0 Å². The van der Waals surface area contributed by atoms with Gasteiger partial charge in [-0.3, -0.25) is 14.3 Å². The van der Waals surface area contributed by atoms with Gasteiger partial charge >= 0.3 is 5.97 Å². The van der Waals surface area contributed by atoms with Crippen LogP contribution in [0.2, 0.25) is 0 Å². The normalized spacial score (nSPS) is 22.2. The molecule has 0 aliphatic carbocycles. The summed E-state index contributed by atoms with van der Waals surface area (Å²) in [6.45, 7) is 6.83. The lowest BCUT2D eigenvalue weighted by molar-refractivity contribution is -0.155. The monoisotopic (exact) mass is 323 g/mol. The third kappa shape index (κ3) is 3.55. The molecule has 7 heteroatoms. The fraction of sp³-hybridized carbons (Fsp3) is 0.688. The maximum Gasteiger partial charge on any atom is 0.313 e. The van der Waals surface area contributed by atoms with Crippen LogP contribution >= 0.6 is 0 Å². The van der Waals surface area contributed by atoms with Crippen LogP contribution in [0.25, 0.3) is 0 Å². The summed E-state index contributed by atoms with van der Waals surface area (Å²) in [6.07, 6.45) is 4.42. The lowest BCUT2D eigenvalue weighted by Gasteiger charge is -2.39. The van der Waals surface area contributed by atoms with Gasteiger partial charge in [0.25, 0.3) is 5.91 Å². The largest absolute Gasteiger partial charge is 0.481 e. The smallest absolute Gasteiger partial charge is 0.313 e. The molecule has 1 aromatic rings. The van der Waals surface area contributed by atoms with E-state index in [0.29, 0.717) is 24.9 Å². The molecule has 7 nitrogen and oxygen atoms in total. The molecular weight excluding hydrogens is 298 g/mol. The molecule has 23 heavy (non-hydrogen) atoms. The quantitative estimate of drug-likeness (QED) is 0.909. The minimum atomic E-state index is -1.03. The highest BCUT2D eigenvalue weighted by atomic mass is 16.5. The second-order valence-corrected chi connectivity index (χ2v) is 7.19. The molecule has 1 atom stereocenters. The first-order valence-electron chi connectivity index (χ1n) is 7.76. The minimum Gasteiger partial charge on any atom is -0.481 e. The van der Waals surface area contributed by atoms with Crippen LogP contribution in [0.1, 0.15) is 44.0 Å². The van der Waals surface area contributed by atoms with Gasteiger partial charge in [0.2, 0.25) is 0 Å². The van der Waals surface area contributed by atoms with Crippen LogP contribution in [-0.2, 0) is 15.1 Å². The number of ether oxygens (including phenoxy) is 1. The first-order chi connectivity index (χ1) is 10.7. The van der Waals surface area contributed by atoms with Gasteiger partial charge in [0.1, 0.15) is 5.41 Å². The molecule has 1 aliphatic rings. The highest BCUT2D eigenvalue weighted by Gasteiger charge is 2.44. The van der Waals surface area contributed by atoms with E-state index in [4.69, 9.17) is 4.74 Å². The van der Waals surface area contributed by atoms with E-state index in [1.165, 1.54) is 7.11 Å². The van der Waals surface area contributed by atoms with Gasteiger partial charge in [-0.2, -0.15) is 5.10 Å². The number of likely N-dealkylation sites (tertiary alicyclic amines) is 1. The number of methoxy groups -OCH3 is 1. The Bertz CT molecular complexity index is 586. The van der Waals surface area contributed by atoms with Crippen molar-refractivity contribution in [3.05, 3.63) is 18.0 Å². The van der Waals surface area contributed by atoms with Crippen LogP contribution in [-0.4, -0.2) is 58.5 Å². The Hall–Kier alpha value is -1.89. The molecule has 2 heterocycles. The summed E-state index contributed by atoms with van der Waals surface area (Å²) in [5.41, 5.74) is -0.747. The Morgan fingerprint density at radius 1 is 1.43 bits per heavy atom. The van der Waals surface area contributed by atoms with Crippen LogP contribution in [0.15, 0.2) is 12.4 Å². The predicted octanol–water partition coefficient (Wildman–Crippen LogP) is 1.59. The van der Waals surface area contributed by atoms with E-state index in [-0.39, 0.29) is 24.6 Å². The van der Waals surface area contributed by atoms with Crippen molar-refractivity contribution in [2.24, 2.45) is 5.41 Å². The zero-order chi connectivity index (χ0) is 17.3. The molecule has 1 unspecified atom stereocenters. The van der Waals surface area contributed by atoms with Crippen LogP contribution in [0, 0.1) is 5.41 Å². The van der Waals surface area contributed by atoms with Gasteiger partial charge < -0.3 is 14.7 Å². The van der Waals surface area contributed by atoms with Crippen molar-refractivity contribution in [3.63, 3.8) is 0 Å². The van der Waals surface area contributed by atoms with Gasteiger partial charge in [-0.15, -0.1) is 0 Å². The summed E-state index contributed by atoms with van der Waals surface area (Å²) in [5, 5.41) is 13.8. The van der Waals surface area contributed by atoms with E-state index in [0.717, 1.165) is 0 Å². The molecule has 1 amide bonds. The molecule has 0 saturated carbocycles. The Morgan fingerprint density at radius 3 is 2.65 bits per heavy atom. The molecule has 128 valence electrons. The van der Waals surface area contributed by atoms with Crippen molar-refractivity contribution >= 4 is 11.9 Å². The second-order valence-electron chi connectivity index (χ2n) is 7.19. The van der Waals surface area contributed by atoms with E-state index in [9.17, 15) is 14.7 Å². The summed E-state index contributed by atoms with van der Waals surface area (Å²) in [7, 11) is 1.48. The molecule has 1 aliphatic heterocycles. The molecule has 0 bridgehead atoms. The molecule has 1 N–H and O–H groups in total. The van der Waals surface area contributed by atoms with E-state index >= 15 is 0 Å². The summed E-state index contributed by atoms with van der Waals surface area (Å²) in [4.78, 5) is 26.0. The number of carbonyl (C=O) groups excluding carboxylic acids is 1. The highest BCUT2D eigenvalue weighted by molar-refractivity contribution is 5.94. The number of aliphatic carboxylic acids is 1. The van der Waals surface area contributed by atoms with Crippen molar-refractivity contribution in [3.8, 4) is 0 Å². The number of carboxylic acids is 1. The highest BCUT2D eigenvalue weighted by Crippen LogP contribution is 2.31. The Labute approximate surface area is 136 Å². The van der Waals surface area contributed by atoms with Gasteiger partial charge in [0.05, 0.1) is 23.9 Å². The molecule has 1 aromatic heterocycles. The summed E-state index contributed by atoms with van der Waals surface area (Å²) in [5.74, 6) is -1.09. The van der Waals surface area contributed by atoms with Gasteiger partial charge in [-0.05, 0) is 33.6 Å². The van der Waals surface area contributed by atoms with E-state index in [1.807, 2.05) is 20.8 Å². The number of nitrogens with zero attached hydrogens (tertiary/aromatic N) is 3. The van der Waals surface area contributed by atoms with Crippen molar-refractivity contribution in [1.82, 2.24) is 14.7 Å². The molecular formula is C16H25N3O4. The number of carbonyl (C=O) groups is 2. The first kappa shape index (κ1) is 17.5. The summed E-state index contributed by atoms with van der Waals surface area (Å²) in [6, 6.07) is 0. The Morgan fingerprint density at radius 2 is 2.13 bits per heavy atom. The Balaban J connectivity index is 2.19. The van der Waals surface area contributed by atoms with E-state index < -0.39 is 11.4 Å². The van der Waals surface area contributed by atoms with Crippen molar-refractivity contribution in [2.45, 2.75) is 39.2 Å². The third-order valence-corrected chi connectivity index (χ3v) is 4.26. The second kappa shape index (κ2) is 6.31. The zero-order valence-corrected chi connectivity index (χ0v) is 14.2. The summed E-state index contributed by atoms with van der Waals surface area (Å²) >= 11 is 0. The molecule has 2 rings (SSSR count). The van der Waals surface area contributed by atoms with E-state index in [2.05, 4.69) is 5.10 Å². The zero-order valence-electron chi connectivity index (χ0n) is 14.2. The predicted molar refractivity (Wildman–Crippen MR) is 84.3 cm³/mol. The number of rotatable bonds is 4. The standard InChI is InChI=1S/C16H25N3O4/c1-15(2,3)19-9-12(8-17-19)13(20)18-7-5-6-16(10-18,11-23-4)14(21)22/h8-9H,5-7,10-11H2,1-4H3,(H,21,22). The van der Waals surface area contributed by atoms with Crippen molar-refractivity contribution in [1.29, 1.82) is 0 Å². The number of hydrogen-bond acceptors (Lipinski definition) is 4. The van der Waals surface area contributed by atoms with Crippen molar-refractivity contribution in [2.75, 3.05) is 26.8 Å². The number of carboxylic acid groups (broad SMARTS) is 1. The number of amides is 1. The number of piperidine rings is 1. The Kier molecular flexibility index (Phi) is 4.79. The average Bonchev–Trinajstić information content (AvgIpc) is 2.96. The topological polar surface area (TPSA) is 84.7 Å². The SMILES string of the molecule is COCC1(C(=O)O)CCCN(C(=O)c2cnn(C(C)(C)C)c2)C1. The number of aromatic nitrogens is 2. The minimum absolute atomic E-state index is 0.105. The fourth-order valence-corrected chi connectivity index (χ4v) is 2.92. The van der Waals surface area contributed by atoms with Crippen LogP contribution in [0.5, 0.6) is 0 Å². The molecule has 0 radical (unpaired) electrons. The molecule has 0 aromatic carbocycles. The van der Waals surface area contributed by atoms with Crippen LogP contribution in [0.4, 0.5) is 0 Å². The maximum atomic E-state index is 12.7. The third-order valence-electron chi connectivity index (χ3n) is 4.26. The van der Waals surface area contributed by atoms with Crippen LogP contribution in [0.3, 0.4) is 0 Å². The van der Waals surface area contributed by atoms with E-state index in [1.54, 1.807) is 22.0 Å². The van der Waals surface area contributed by atoms with Gasteiger partial charge in [0, 0.05) is 26.4 Å². The maximum absolute atomic E-state index is 12.7. The first-order valence-corrected chi connectivity index (χ1v) is 7.76. The van der Waals surface area contributed by atoms with Crippen molar-refractivity contribution < 1.29 is 19.4 Å². The lowest BCUT2D eigenvalue weighted by Crippen LogP contribution is -2.52. The average molecular weight is 323 g/mol. The molecule has 1 saturated heterocycles. The molecule has 1 fully saturated rings. The lowest BCUT2D eigenvalue weighted by atomic mass is 9.80. The van der Waals surface area contributed by atoms with Gasteiger partial charge in [0.15, 0.2) is 0 Å². The summed E-state index contributed by atoms with van der Waals surface area (Å²) < 4.78 is 6.83.